The summed E-state index contributed by atoms with van der Waals surface area (Å²) in [6, 6.07) is 5.85. The van der Waals surface area contributed by atoms with Crippen LogP contribution in [-0.4, -0.2) is 30.6 Å². The third-order valence-electron chi connectivity index (χ3n) is 3.70. The van der Waals surface area contributed by atoms with Gasteiger partial charge in [-0.2, -0.15) is 0 Å². The molecule has 0 spiro atoms. The first-order chi connectivity index (χ1) is 8.36. The van der Waals surface area contributed by atoms with E-state index in [9.17, 15) is 0 Å². The Morgan fingerprint density at radius 2 is 2.41 bits per heavy atom. The standard InChI is InChI=1S/C14H24N2S/c1-3-6-13(14-7-5-10-17-14)16-9-8-15-11-12(16)4-2/h5,7,10,12-13,15H,3-4,6,8-9,11H2,1-2H3. The molecule has 0 aromatic carbocycles. The van der Waals surface area contributed by atoms with E-state index in [1.807, 2.05) is 11.3 Å². The molecule has 1 aromatic heterocycles. The van der Waals surface area contributed by atoms with Crippen LogP contribution in [0.25, 0.3) is 0 Å². The summed E-state index contributed by atoms with van der Waals surface area (Å²) in [6.07, 6.45) is 3.80. The van der Waals surface area contributed by atoms with Crippen LogP contribution in [0.5, 0.6) is 0 Å². The first-order valence-electron chi connectivity index (χ1n) is 6.86. The summed E-state index contributed by atoms with van der Waals surface area (Å²) in [5, 5.41) is 5.73. The van der Waals surface area contributed by atoms with Crippen LogP contribution in [0.1, 0.15) is 44.0 Å². The van der Waals surface area contributed by atoms with Gasteiger partial charge in [-0.3, -0.25) is 4.90 Å². The number of nitrogens with one attached hydrogen (secondary N) is 1. The summed E-state index contributed by atoms with van der Waals surface area (Å²) in [5.74, 6) is 0. The number of hydrogen-bond acceptors (Lipinski definition) is 3. The van der Waals surface area contributed by atoms with E-state index in [0.29, 0.717) is 12.1 Å². The largest absolute Gasteiger partial charge is 0.314 e. The number of thiophene rings is 1. The summed E-state index contributed by atoms with van der Waals surface area (Å²) in [7, 11) is 0. The molecule has 1 fully saturated rings. The van der Waals surface area contributed by atoms with E-state index in [4.69, 9.17) is 0 Å². The summed E-state index contributed by atoms with van der Waals surface area (Å²) in [4.78, 5) is 4.28. The molecular weight excluding hydrogens is 228 g/mol. The van der Waals surface area contributed by atoms with Gasteiger partial charge in [-0.15, -0.1) is 11.3 Å². The van der Waals surface area contributed by atoms with Crippen molar-refractivity contribution >= 4 is 11.3 Å². The highest BCUT2D eigenvalue weighted by atomic mass is 32.1. The van der Waals surface area contributed by atoms with E-state index in [1.54, 1.807) is 4.88 Å². The summed E-state index contributed by atoms with van der Waals surface area (Å²) in [5.41, 5.74) is 0. The van der Waals surface area contributed by atoms with Gasteiger partial charge in [0.25, 0.3) is 0 Å². The molecular formula is C14H24N2S. The molecule has 1 N–H and O–H groups in total. The van der Waals surface area contributed by atoms with Gasteiger partial charge in [0.2, 0.25) is 0 Å². The maximum Gasteiger partial charge on any atom is 0.0445 e. The van der Waals surface area contributed by atoms with Crippen LogP contribution in [0, 0.1) is 0 Å². The Labute approximate surface area is 109 Å². The molecule has 0 saturated carbocycles. The SMILES string of the molecule is CCCC(c1cccs1)N1CCNCC1CC. The van der Waals surface area contributed by atoms with E-state index in [-0.39, 0.29) is 0 Å². The van der Waals surface area contributed by atoms with Crippen LogP contribution in [0.4, 0.5) is 0 Å². The molecule has 0 bridgehead atoms. The van der Waals surface area contributed by atoms with E-state index in [2.05, 4.69) is 41.6 Å². The fourth-order valence-corrected chi connectivity index (χ4v) is 3.67. The minimum Gasteiger partial charge on any atom is -0.314 e. The van der Waals surface area contributed by atoms with Crippen LogP contribution in [0.3, 0.4) is 0 Å². The quantitative estimate of drug-likeness (QED) is 0.865. The molecule has 2 atom stereocenters. The van der Waals surface area contributed by atoms with Crippen molar-refractivity contribution in [1.82, 2.24) is 10.2 Å². The van der Waals surface area contributed by atoms with Crippen molar-refractivity contribution < 1.29 is 0 Å². The fraction of sp³-hybridized carbons (Fsp3) is 0.714. The van der Waals surface area contributed by atoms with Crippen molar-refractivity contribution in [2.75, 3.05) is 19.6 Å². The molecule has 2 heterocycles. The molecule has 0 radical (unpaired) electrons. The van der Waals surface area contributed by atoms with Gasteiger partial charge in [-0.05, 0) is 24.3 Å². The summed E-state index contributed by atoms with van der Waals surface area (Å²) >= 11 is 1.92. The first-order valence-corrected chi connectivity index (χ1v) is 7.74. The zero-order chi connectivity index (χ0) is 12.1. The van der Waals surface area contributed by atoms with Crippen LogP contribution in [0.15, 0.2) is 17.5 Å². The lowest BCUT2D eigenvalue weighted by Gasteiger charge is -2.41. The number of rotatable bonds is 5. The van der Waals surface area contributed by atoms with E-state index in [1.165, 1.54) is 25.8 Å². The third-order valence-corrected chi connectivity index (χ3v) is 4.67. The molecule has 1 aromatic rings. The van der Waals surface area contributed by atoms with Crippen molar-refractivity contribution in [3.05, 3.63) is 22.4 Å². The van der Waals surface area contributed by atoms with Gasteiger partial charge in [-0.1, -0.05) is 26.3 Å². The summed E-state index contributed by atoms with van der Waals surface area (Å²) in [6.45, 7) is 8.09. The minimum atomic E-state index is 0.645. The zero-order valence-corrected chi connectivity index (χ0v) is 11.8. The maximum absolute atomic E-state index is 3.52. The zero-order valence-electron chi connectivity index (χ0n) is 11.0. The Kier molecular flexibility index (Phi) is 5.01. The molecule has 2 unspecified atom stereocenters. The minimum absolute atomic E-state index is 0.645. The second-order valence-corrected chi connectivity index (χ2v) is 5.80. The highest BCUT2D eigenvalue weighted by Crippen LogP contribution is 2.31. The molecule has 1 saturated heterocycles. The smallest absolute Gasteiger partial charge is 0.0445 e. The molecule has 96 valence electrons. The lowest BCUT2D eigenvalue weighted by molar-refractivity contribution is 0.0983. The second kappa shape index (κ2) is 6.53. The van der Waals surface area contributed by atoms with Crippen LogP contribution < -0.4 is 5.32 Å². The number of nitrogens with zero attached hydrogens (tertiary/aromatic N) is 1. The van der Waals surface area contributed by atoms with Gasteiger partial charge in [0, 0.05) is 36.6 Å². The van der Waals surface area contributed by atoms with Crippen molar-refractivity contribution in [3.8, 4) is 0 Å². The van der Waals surface area contributed by atoms with Gasteiger partial charge in [0.15, 0.2) is 0 Å². The maximum atomic E-state index is 3.52. The summed E-state index contributed by atoms with van der Waals surface area (Å²) < 4.78 is 0. The first kappa shape index (κ1) is 13.1. The predicted molar refractivity (Wildman–Crippen MR) is 75.6 cm³/mol. The van der Waals surface area contributed by atoms with Gasteiger partial charge >= 0.3 is 0 Å². The lowest BCUT2D eigenvalue weighted by atomic mass is 10.0. The highest BCUT2D eigenvalue weighted by Gasteiger charge is 2.28. The normalized spacial score (nSPS) is 23.8. The fourth-order valence-electron chi connectivity index (χ4n) is 2.79. The monoisotopic (exact) mass is 252 g/mol. The molecule has 0 amide bonds. The third kappa shape index (κ3) is 3.09. The van der Waals surface area contributed by atoms with E-state index >= 15 is 0 Å². The number of hydrogen-bond donors (Lipinski definition) is 1. The van der Waals surface area contributed by atoms with E-state index < -0.39 is 0 Å². The average Bonchev–Trinajstić information content (AvgIpc) is 2.89. The van der Waals surface area contributed by atoms with Gasteiger partial charge in [-0.25, -0.2) is 0 Å². The Morgan fingerprint density at radius 1 is 1.53 bits per heavy atom. The van der Waals surface area contributed by atoms with Crippen LogP contribution in [-0.2, 0) is 0 Å². The molecule has 0 aliphatic carbocycles. The van der Waals surface area contributed by atoms with Gasteiger partial charge < -0.3 is 5.32 Å². The van der Waals surface area contributed by atoms with Gasteiger partial charge in [0.05, 0.1) is 0 Å². The predicted octanol–water partition coefficient (Wildman–Crippen LogP) is 3.27. The Hall–Kier alpha value is -0.380. The van der Waals surface area contributed by atoms with Crippen molar-refractivity contribution in [2.45, 2.75) is 45.2 Å². The Morgan fingerprint density at radius 3 is 3.06 bits per heavy atom. The highest BCUT2D eigenvalue weighted by molar-refractivity contribution is 7.10. The van der Waals surface area contributed by atoms with Gasteiger partial charge in [0.1, 0.15) is 0 Å². The average molecular weight is 252 g/mol. The molecule has 1 aliphatic rings. The van der Waals surface area contributed by atoms with Crippen molar-refractivity contribution in [3.63, 3.8) is 0 Å². The molecule has 17 heavy (non-hydrogen) atoms. The van der Waals surface area contributed by atoms with Crippen LogP contribution >= 0.6 is 11.3 Å². The molecule has 2 nitrogen and oxygen atoms in total. The number of piperazine rings is 1. The Bertz CT molecular complexity index is 310. The van der Waals surface area contributed by atoms with Crippen molar-refractivity contribution in [1.29, 1.82) is 0 Å². The molecule has 1 aliphatic heterocycles. The lowest BCUT2D eigenvalue weighted by Crippen LogP contribution is -2.52. The topological polar surface area (TPSA) is 15.3 Å². The van der Waals surface area contributed by atoms with Crippen LogP contribution in [0.2, 0.25) is 0 Å². The second-order valence-electron chi connectivity index (χ2n) is 4.82. The van der Waals surface area contributed by atoms with Crippen molar-refractivity contribution in [2.24, 2.45) is 0 Å². The van der Waals surface area contributed by atoms with E-state index in [0.717, 1.165) is 13.1 Å². The molecule has 3 heteroatoms. The Balaban J connectivity index is 2.13. The molecule has 2 rings (SSSR count).